The number of carbonyl (C=O) groups excluding carboxylic acids is 1. The summed E-state index contributed by atoms with van der Waals surface area (Å²) in [5.74, 6) is 0. The maximum absolute atomic E-state index is 12.3. The van der Waals surface area contributed by atoms with E-state index in [1.54, 1.807) is 6.20 Å². The second-order valence-electron chi connectivity index (χ2n) is 6.27. The third-order valence-electron chi connectivity index (χ3n) is 4.35. The third-order valence-corrected chi connectivity index (χ3v) is 4.35. The van der Waals surface area contributed by atoms with Gasteiger partial charge in [-0.05, 0) is 24.1 Å². The number of urea groups is 1. The van der Waals surface area contributed by atoms with Gasteiger partial charge in [0, 0.05) is 51.7 Å². The number of nitrogens with zero attached hydrogens (tertiary/aromatic N) is 3. The molecule has 0 aliphatic carbocycles. The van der Waals surface area contributed by atoms with E-state index in [4.69, 9.17) is 0 Å². The molecule has 1 N–H and O–H groups in total. The van der Waals surface area contributed by atoms with E-state index in [9.17, 15) is 4.79 Å². The average Bonchev–Trinajstić information content (AvgIpc) is 2.62. The Hall–Kier alpha value is -2.40. The maximum atomic E-state index is 12.3. The molecule has 1 aliphatic heterocycles. The molecule has 5 heteroatoms. The lowest BCUT2D eigenvalue weighted by atomic mass is 10.1. The average molecular weight is 324 g/mol. The van der Waals surface area contributed by atoms with Gasteiger partial charge in [0.2, 0.25) is 0 Å². The summed E-state index contributed by atoms with van der Waals surface area (Å²) in [7, 11) is 0. The molecule has 0 unspecified atom stereocenters. The molecule has 3 rings (SSSR count). The third kappa shape index (κ3) is 4.55. The van der Waals surface area contributed by atoms with Crippen LogP contribution in [0.25, 0.3) is 0 Å². The fraction of sp³-hybridized carbons (Fsp3) is 0.368. The zero-order valence-corrected chi connectivity index (χ0v) is 14.1. The second-order valence-corrected chi connectivity index (χ2v) is 6.27. The van der Waals surface area contributed by atoms with Crippen molar-refractivity contribution in [3.05, 3.63) is 65.5 Å². The lowest BCUT2D eigenvalue weighted by Crippen LogP contribution is -2.51. The molecule has 0 radical (unpaired) electrons. The Morgan fingerprint density at radius 3 is 2.50 bits per heavy atom. The Morgan fingerprint density at radius 1 is 1.08 bits per heavy atom. The van der Waals surface area contributed by atoms with Gasteiger partial charge >= 0.3 is 6.03 Å². The van der Waals surface area contributed by atoms with Crippen LogP contribution in [0.5, 0.6) is 0 Å². The maximum Gasteiger partial charge on any atom is 0.317 e. The Bertz CT molecular complexity index is 649. The van der Waals surface area contributed by atoms with Gasteiger partial charge < -0.3 is 10.2 Å². The number of rotatable bonds is 4. The Kier molecular flexibility index (Phi) is 5.43. The lowest BCUT2D eigenvalue weighted by Gasteiger charge is -2.34. The summed E-state index contributed by atoms with van der Waals surface area (Å²) in [6, 6.07) is 12.3. The number of nitrogens with one attached hydrogen (secondary N) is 1. The number of piperazine rings is 1. The number of benzene rings is 1. The Morgan fingerprint density at radius 2 is 1.83 bits per heavy atom. The summed E-state index contributed by atoms with van der Waals surface area (Å²) in [5.41, 5.74) is 3.58. The second kappa shape index (κ2) is 7.93. The highest BCUT2D eigenvalue weighted by molar-refractivity contribution is 5.74. The molecular formula is C19H24N4O. The minimum Gasteiger partial charge on any atom is -0.334 e. The van der Waals surface area contributed by atoms with Crippen molar-refractivity contribution in [3.63, 3.8) is 0 Å². The number of pyridine rings is 1. The van der Waals surface area contributed by atoms with Crippen LogP contribution >= 0.6 is 0 Å². The Labute approximate surface area is 143 Å². The zero-order valence-electron chi connectivity index (χ0n) is 14.1. The molecule has 0 atom stereocenters. The fourth-order valence-corrected chi connectivity index (χ4v) is 2.85. The molecular weight excluding hydrogens is 300 g/mol. The highest BCUT2D eigenvalue weighted by Gasteiger charge is 2.20. The van der Waals surface area contributed by atoms with E-state index in [-0.39, 0.29) is 6.03 Å². The molecule has 2 aromatic rings. The SMILES string of the molecule is Cc1ccc(CNC(=O)N2CCN(Cc3cccnc3)CC2)cc1. The molecule has 0 bridgehead atoms. The van der Waals surface area contributed by atoms with Crippen LogP contribution < -0.4 is 5.32 Å². The van der Waals surface area contributed by atoms with Crippen LogP contribution in [0.1, 0.15) is 16.7 Å². The summed E-state index contributed by atoms with van der Waals surface area (Å²) in [6.07, 6.45) is 3.69. The van der Waals surface area contributed by atoms with Gasteiger partial charge in [-0.2, -0.15) is 0 Å². The van der Waals surface area contributed by atoms with Gasteiger partial charge in [-0.3, -0.25) is 9.88 Å². The van der Waals surface area contributed by atoms with E-state index in [2.05, 4.69) is 52.5 Å². The van der Waals surface area contributed by atoms with Crippen molar-refractivity contribution in [2.45, 2.75) is 20.0 Å². The summed E-state index contributed by atoms with van der Waals surface area (Å²) >= 11 is 0. The molecule has 1 saturated heterocycles. The number of carbonyl (C=O) groups is 1. The van der Waals surface area contributed by atoms with Crippen molar-refractivity contribution < 1.29 is 4.79 Å². The van der Waals surface area contributed by atoms with E-state index in [1.165, 1.54) is 11.1 Å². The predicted octanol–water partition coefficient (Wildman–Crippen LogP) is 2.42. The van der Waals surface area contributed by atoms with Gasteiger partial charge in [0.05, 0.1) is 0 Å². The topological polar surface area (TPSA) is 48.5 Å². The van der Waals surface area contributed by atoms with Crippen LogP contribution in [0, 0.1) is 6.92 Å². The molecule has 1 aliphatic rings. The molecule has 2 heterocycles. The van der Waals surface area contributed by atoms with Crippen molar-refractivity contribution in [2.24, 2.45) is 0 Å². The van der Waals surface area contributed by atoms with Crippen LogP contribution in [-0.4, -0.2) is 47.0 Å². The summed E-state index contributed by atoms with van der Waals surface area (Å²) in [4.78, 5) is 20.7. The van der Waals surface area contributed by atoms with Gasteiger partial charge in [-0.1, -0.05) is 35.9 Å². The van der Waals surface area contributed by atoms with Crippen LogP contribution in [0.15, 0.2) is 48.8 Å². The molecule has 0 saturated carbocycles. The number of hydrogen-bond donors (Lipinski definition) is 1. The van der Waals surface area contributed by atoms with Gasteiger partial charge in [0.25, 0.3) is 0 Å². The van der Waals surface area contributed by atoms with Crippen molar-refractivity contribution in [1.82, 2.24) is 20.1 Å². The largest absolute Gasteiger partial charge is 0.334 e. The van der Waals surface area contributed by atoms with E-state index in [0.29, 0.717) is 6.54 Å². The minimum absolute atomic E-state index is 0.0246. The molecule has 2 amide bonds. The molecule has 0 spiro atoms. The first-order valence-corrected chi connectivity index (χ1v) is 8.40. The molecule has 5 nitrogen and oxygen atoms in total. The van der Waals surface area contributed by atoms with Crippen LogP contribution in [-0.2, 0) is 13.1 Å². The van der Waals surface area contributed by atoms with Gasteiger partial charge in [0.1, 0.15) is 0 Å². The van der Waals surface area contributed by atoms with Crippen LogP contribution in [0.2, 0.25) is 0 Å². The zero-order chi connectivity index (χ0) is 16.8. The molecule has 1 fully saturated rings. The van der Waals surface area contributed by atoms with E-state index < -0.39 is 0 Å². The molecule has 1 aromatic carbocycles. The monoisotopic (exact) mass is 324 g/mol. The summed E-state index contributed by atoms with van der Waals surface area (Å²) in [5, 5.41) is 3.01. The fourth-order valence-electron chi connectivity index (χ4n) is 2.85. The van der Waals surface area contributed by atoms with Crippen molar-refractivity contribution in [2.75, 3.05) is 26.2 Å². The number of amides is 2. The summed E-state index contributed by atoms with van der Waals surface area (Å²) in [6.45, 7) is 6.86. The Balaban J connectivity index is 1.42. The molecule has 126 valence electrons. The minimum atomic E-state index is 0.0246. The first-order chi connectivity index (χ1) is 11.7. The smallest absolute Gasteiger partial charge is 0.317 e. The summed E-state index contributed by atoms with van der Waals surface area (Å²) < 4.78 is 0. The quantitative estimate of drug-likeness (QED) is 0.939. The van der Waals surface area contributed by atoms with Crippen molar-refractivity contribution in [1.29, 1.82) is 0 Å². The molecule has 24 heavy (non-hydrogen) atoms. The van der Waals surface area contributed by atoms with Crippen LogP contribution in [0.3, 0.4) is 0 Å². The van der Waals surface area contributed by atoms with Gasteiger partial charge in [0.15, 0.2) is 0 Å². The standard InChI is InChI=1S/C19H24N4O/c1-16-4-6-17(7-5-16)14-21-19(24)23-11-9-22(10-12-23)15-18-3-2-8-20-13-18/h2-8,13H,9-12,14-15H2,1H3,(H,21,24). The lowest BCUT2D eigenvalue weighted by molar-refractivity contribution is 0.135. The van der Waals surface area contributed by atoms with Gasteiger partial charge in [-0.25, -0.2) is 4.79 Å². The number of aromatic nitrogens is 1. The molecule has 1 aromatic heterocycles. The van der Waals surface area contributed by atoms with Crippen LogP contribution in [0.4, 0.5) is 4.79 Å². The first-order valence-electron chi connectivity index (χ1n) is 8.40. The highest BCUT2D eigenvalue weighted by Crippen LogP contribution is 2.08. The predicted molar refractivity (Wildman–Crippen MR) is 94.5 cm³/mol. The van der Waals surface area contributed by atoms with E-state index in [1.807, 2.05) is 17.2 Å². The first kappa shape index (κ1) is 16.5. The normalized spacial score (nSPS) is 15.3. The van der Waals surface area contributed by atoms with E-state index in [0.717, 1.165) is 38.3 Å². The van der Waals surface area contributed by atoms with E-state index >= 15 is 0 Å². The van der Waals surface area contributed by atoms with Gasteiger partial charge in [-0.15, -0.1) is 0 Å². The van der Waals surface area contributed by atoms with Crippen molar-refractivity contribution in [3.8, 4) is 0 Å². The number of hydrogen-bond acceptors (Lipinski definition) is 3. The van der Waals surface area contributed by atoms with Crippen molar-refractivity contribution >= 4 is 6.03 Å². The number of aryl methyl sites for hydroxylation is 1. The highest BCUT2D eigenvalue weighted by atomic mass is 16.2.